The highest BCUT2D eigenvalue weighted by Crippen LogP contribution is 2.18. The normalized spacial score (nSPS) is 12.0. The van der Waals surface area contributed by atoms with Crippen LogP contribution in [0.4, 0.5) is 10.5 Å². The van der Waals surface area contributed by atoms with Crippen LogP contribution in [0.2, 0.25) is 0 Å². The van der Waals surface area contributed by atoms with Crippen LogP contribution >= 0.6 is 35.0 Å². The number of unbranched alkanes of at least 4 members (excludes halogenated alkanes) is 1. The maximum absolute atomic E-state index is 12.1. The van der Waals surface area contributed by atoms with Gasteiger partial charge < -0.3 is 10.1 Å². The molecule has 0 heterocycles. The van der Waals surface area contributed by atoms with Crippen LogP contribution in [0.25, 0.3) is 0 Å². The molecular formula is C31H42Cl2N4O3S. The van der Waals surface area contributed by atoms with E-state index in [4.69, 9.17) is 27.9 Å². The van der Waals surface area contributed by atoms with E-state index in [9.17, 15) is 9.59 Å². The predicted octanol–water partition coefficient (Wildman–Crippen LogP) is 8.53. The summed E-state index contributed by atoms with van der Waals surface area (Å²) in [4.78, 5) is 35.6. The molecule has 0 aliphatic carbocycles. The molecule has 0 aromatic heterocycles. The number of amidine groups is 1. The minimum atomic E-state index is -0.454. The lowest BCUT2D eigenvalue weighted by Gasteiger charge is -2.09. The SMILES string of the molecule is CCCC=NC(=NC)c1ccc(NC(=O)/N=C(/C)SCC(=O)CC)c(C)c1.Cc1ccc(COCC(Cl)Cl)c(C)c1. The number of benzene rings is 2. The average molecular weight is 622 g/mol. The Balaban J connectivity index is 0.000000502. The number of Topliss-reactive ketones (excluding diaryl/α,β-unsaturated/α-hetero) is 1. The zero-order chi connectivity index (χ0) is 30.8. The average Bonchev–Trinajstić information content (AvgIpc) is 2.92. The van der Waals surface area contributed by atoms with E-state index in [2.05, 4.69) is 59.3 Å². The van der Waals surface area contributed by atoms with Gasteiger partial charge in [0.2, 0.25) is 0 Å². The molecule has 224 valence electrons. The van der Waals surface area contributed by atoms with Crippen molar-refractivity contribution in [1.29, 1.82) is 0 Å². The van der Waals surface area contributed by atoms with Crippen molar-refractivity contribution in [3.8, 4) is 0 Å². The van der Waals surface area contributed by atoms with E-state index in [0.29, 0.717) is 42.0 Å². The monoisotopic (exact) mass is 620 g/mol. The standard InChI is InChI=1S/C20H28N4O2S.C11H14Cl2O/c1-6-8-11-22-19(21-5)16-9-10-18(14(3)12-16)24-20(26)23-15(4)27-13-17(25)7-2;1-8-3-4-10(9(2)5-8)6-14-7-11(12)13/h9-12H,6-8,13H2,1-5H3,(H,24,26);3-5,11H,6-7H2,1-2H3/b21-19?,22-11?,23-15-;. The number of ether oxygens (including phenoxy) is 1. The van der Waals surface area contributed by atoms with E-state index in [1.165, 1.54) is 28.5 Å². The van der Waals surface area contributed by atoms with Crippen molar-refractivity contribution in [2.45, 2.75) is 72.2 Å². The molecule has 0 saturated carbocycles. The largest absolute Gasteiger partial charge is 0.374 e. The van der Waals surface area contributed by atoms with Crippen molar-refractivity contribution >= 4 is 69.6 Å². The second-order valence-electron chi connectivity index (χ2n) is 9.26. The summed E-state index contributed by atoms with van der Waals surface area (Å²) in [5.41, 5.74) is 6.17. The van der Waals surface area contributed by atoms with Crippen LogP contribution < -0.4 is 5.32 Å². The second-order valence-corrected chi connectivity index (χ2v) is 11.7. The highest BCUT2D eigenvalue weighted by molar-refractivity contribution is 8.14. The number of carbonyl (C=O) groups is 2. The van der Waals surface area contributed by atoms with E-state index in [0.717, 1.165) is 24.0 Å². The summed E-state index contributed by atoms with van der Waals surface area (Å²) in [6.07, 6.45) is 4.30. The van der Waals surface area contributed by atoms with Gasteiger partial charge in [-0.2, -0.15) is 4.99 Å². The third kappa shape index (κ3) is 15.3. The molecule has 0 atom stereocenters. The minimum absolute atomic E-state index is 0.136. The fourth-order valence-corrected chi connectivity index (χ4v) is 4.26. The van der Waals surface area contributed by atoms with Gasteiger partial charge in [-0.05, 0) is 69.0 Å². The number of thioether (sulfide) groups is 1. The van der Waals surface area contributed by atoms with Crippen LogP contribution in [0.1, 0.15) is 67.9 Å². The van der Waals surface area contributed by atoms with Crippen molar-refractivity contribution in [3.05, 3.63) is 64.2 Å². The highest BCUT2D eigenvalue weighted by Gasteiger charge is 2.08. The zero-order valence-electron chi connectivity index (χ0n) is 25.1. The van der Waals surface area contributed by atoms with E-state index >= 15 is 0 Å². The number of carbonyl (C=O) groups excluding carboxylic acids is 2. The van der Waals surface area contributed by atoms with Gasteiger partial charge >= 0.3 is 6.03 Å². The third-order valence-corrected chi connectivity index (χ3v) is 6.89. The molecule has 0 saturated heterocycles. The first-order valence-corrected chi connectivity index (χ1v) is 15.4. The van der Waals surface area contributed by atoms with Gasteiger partial charge in [-0.25, -0.2) is 9.79 Å². The highest BCUT2D eigenvalue weighted by atomic mass is 35.5. The molecule has 1 N–H and O–H groups in total. The van der Waals surface area contributed by atoms with Gasteiger partial charge in [-0.3, -0.25) is 9.79 Å². The fraction of sp³-hybridized carbons (Fsp3) is 0.452. The number of amides is 2. The minimum Gasteiger partial charge on any atom is -0.374 e. The molecule has 0 fully saturated rings. The van der Waals surface area contributed by atoms with Crippen LogP contribution in [-0.2, 0) is 16.1 Å². The molecule has 10 heteroatoms. The Kier molecular flexibility index (Phi) is 18.1. The molecule has 0 spiro atoms. The van der Waals surface area contributed by atoms with E-state index in [1.807, 2.05) is 38.3 Å². The number of hydrogen-bond donors (Lipinski definition) is 1. The number of hydrogen-bond acceptors (Lipinski definition) is 5. The van der Waals surface area contributed by atoms with Crippen molar-refractivity contribution in [2.75, 3.05) is 24.7 Å². The molecule has 0 aliphatic heterocycles. The van der Waals surface area contributed by atoms with Crippen LogP contribution in [0.5, 0.6) is 0 Å². The van der Waals surface area contributed by atoms with Gasteiger partial charge in [0, 0.05) is 30.9 Å². The molecule has 2 aromatic rings. The topological polar surface area (TPSA) is 92.5 Å². The summed E-state index contributed by atoms with van der Waals surface area (Å²) in [5.74, 6) is 1.14. The number of aryl methyl sites for hydroxylation is 3. The molecule has 0 unspecified atom stereocenters. The maximum Gasteiger partial charge on any atom is 0.346 e. The molecule has 0 aliphatic rings. The summed E-state index contributed by atoms with van der Waals surface area (Å²) in [5, 5.41) is 3.34. The molecule has 0 radical (unpaired) electrons. The van der Waals surface area contributed by atoms with Crippen molar-refractivity contribution in [2.24, 2.45) is 15.0 Å². The number of anilines is 1. The van der Waals surface area contributed by atoms with Crippen LogP contribution in [-0.4, -0.2) is 53.2 Å². The Labute approximate surface area is 259 Å². The number of halogens is 2. The van der Waals surface area contributed by atoms with Gasteiger partial charge in [-0.15, -0.1) is 35.0 Å². The van der Waals surface area contributed by atoms with Crippen molar-refractivity contribution < 1.29 is 14.3 Å². The number of urea groups is 1. The molecule has 2 rings (SSSR count). The zero-order valence-corrected chi connectivity index (χ0v) is 27.4. The van der Waals surface area contributed by atoms with Gasteiger partial charge in [0.15, 0.2) is 5.84 Å². The van der Waals surface area contributed by atoms with Crippen molar-refractivity contribution in [1.82, 2.24) is 0 Å². The van der Waals surface area contributed by atoms with Crippen LogP contribution in [0, 0.1) is 20.8 Å². The van der Waals surface area contributed by atoms with Crippen LogP contribution in [0.15, 0.2) is 51.4 Å². The van der Waals surface area contributed by atoms with Crippen molar-refractivity contribution in [3.63, 3.8) is 0 Å². The van der Waals surface area contributed by atoms with Gasteiger partial charge in [0.05, 0.1) is 24.0 Å². The van der Waals surface area contributed by atoms with Crippen LogP contribution in [0.3, 0.4) is 0 Å². The second kappa shape index (κ2) is 20.4. The van der Waals surface area contributed by atoms with E-state index in [-0.39, 0.29) is 5.78 Å². The number of alkyl halides is 2. The molecule has 41 heavy (non-hydrogen) atoms. The third-order valence-electron chi connectivity index (χ3n) is 5.66. The number of nitrogens with zero attached hydrogens (tertiary/aromatic N) is 3. The first-order valence-electron chi connectivity index (χ1n) is 13.5. The number of ketones is 1. The Hall–Kier alpha value is -2.52. The Morgan fingerprint density at radius 2 is 1.80 bits per heavy atom. The smallest absolute Gasteiger partial charge is 0.346 e. The van der Waals surface area contributed by atoms with Gasteiger partial charge in [-0.1, -0.05) is 44.0 Å². The predicted molar refractivity (Wildman–Crippen MR) is 178 cm³/mol. The quantitative estimate of drug-likeness (QED) is 0.155. The fourth-order valence-electron chi connectivity index (χ4n) is 3.36. The molecule has 7 nitrogen and oxygen atoms in total. The summed E-state index contributed by atoms with van der Waals surface area (Å²) in [6, 6.07) is 11.5. The maximum atomic E-state index is 12.1. The van der Waals surface area contributed by atoms with Gasteiger partial charge in [0.1, 0.15) is 10.6 Å². The van der Waals surface area contributed by atoms with Gasteiger partial charge in [0.25, 0.3) is 0 Å². The summed E-state index contributed by atoms with van der Waals surface area (Å²) in [7, 11) is 1.71. The molecule has 0 bridgehead atoms. The number of nitrogens with one attached hydrogen (secondary N) is 1. The number of aliphatic imine (C=N–C) groups is 3. The lowest BCUT2D eigenvalue weighted by molar-refractivity contribution is -0.116. The Morgan fingerprint density at radius 1 is 1.07 bits per heavy atom. The Morgan fingerprint density at radius 3 is 2.39 bits per heavy atom. The summed E-state index contributed by atoms with van der Waals surface area (Å²) in [6.45, 7) is 12.6. The first kappa shape index (κ1) is 36.5. The lowest BCUT2D eigenvalue weighted by Crippen LogP contribution is -2.10. The van der Waals surface area contributed by atoms with E-state index in [1.54, 1.807) is 14.0 Å². The summed E-state index contributed by atoms with van der Waals surface area (Å²) >= 11 is 12.4. The Bertz CT molecular complexity index is 1230. The molecule has 2 aromatic carbocycles. The lowest BCUT2D eigenvalue weighted by atomic mass is 10.1. The molecule has 2 amide bonds. The first-order chi connectivity index (χ1) is 19.5. The number of rotatable bonds is 11. The summed E-state index contributed by atoms with van der Waals surface area (Å²) < 4.78 is 5.34. The van der Waals surface area contributed by atoms with E-state index < -0.39 is 10.9 Å². The molecular weight excluding hydrogens is 579 g/mol.